The summed E-state index contributed by atoms with van der Waals surface area (Å²) in [6, 6.07) is 8.68. The van der Waals surface area contributed by atoms with Crippen molar-refractivity contribution in [2.75, 3.05) is 18.4 Å². The third kappa shape index (κ3) is 6.85. The zero-order valence-electron chi connectivity index (χ0n) is 16.9. The van der Waals surface area contributed by atoms with Gasteiger partial charge in [-0.2, -0.15) is 0 Å². The number of amides is 2. The predicted molar refractivity (Wildman–Crippen MR) is 113 cm³/mol. The fourth-order valence-electron chi connectivity index (χ4n) is 2.61. The van der Waals surface area contributed by atoms with Crippen LogP contribution in [0.4, 0.5) is 5.69 Å². The van der Waals surface area contributed by atoms with Gasteiger partial charge in [-0.3, -0.25) is 19.6 Å². The quantitative estimate of drug-likeness (QED) is 0.405. The van der Waals surface area contributed by atoms with Gasteiger partial charge in [-0.15, -0.1) is 20.4 Å². The number of unbranched alkanes of at least 4 members (excludes halogenated alkanes) is 2. The summed E-state index contributed by atoms with van der Waals surface area (Å²) in [4.78, 5) is 32.1. The van der Waals surface area contributed by atoms with E-state index >= 15 is 0 Å². The Hall–Kier alpha value is -3.86. The minimum Gasteiger partial charge on any atom is -0.347 e. The number of hydrogen-bond donors (Lipinski definition) is 3. The van der Waals surface area contributed by atoms with Gasteiger partial charge < -0.3 is 16.4 Å². The van der Waals surface area contributed by atoms with Crippen LogP contribution in [0, 0.1) is 0 Å². The second-order valence-electron chi connectivity index (χ2n) is 6.62. The second kappa shape index (κ2) is 11.4. The number of anilines is 1. The Kier molecular flexibility index (Phi) is 8.00. The number of nitrogens with zero attached hydrogens (tertiary/aromatic N) is 6. The van der Waals surface area contributed by atoms with Crippen molar-refractivity contribution in [3.8, 4) is 23.0 Å². The van der Waals surface area contributed by atoms with E-state index in [1.807, 2.05) is 6.07 Å². The van der Waals surface area contributed by atoms with Gasteiger partial charge in [-0.05, 0) is 43.7 Å². The van der Waals surface area contributed by atoms with Crippen molar-refractivity contribution in [2.24, 2.45) is 5.73 Å². The number of nitrogens with two attached hydrogens (primary N) is 1. The standard InChI is InChI=1S/C20H23N9O2/c21-10-4-1-2-7-17(30)24-13-18(31)25-14-8-9-16(23-12-14)20-28-26-19(27-29-20)15-6-3-5-11-22-15/h3,5-6,8-9,11-12H,1-2,4,7,10,13,21H2,(H,24,30)(H,25,31). The molecule has 0 fully saturated rings. The van der Waals surface area contributed by atoms with Crippen molar-refractivity contribution in [2.45, 2.75) is 25.7 Å². The van der Waals surface area contributed by atoms with E-state index < -0.39 is 0 Å². The first-order chi connectivity index (χ1) is 15.2. The van der Waals surface area contributed by atoms with Crippen LogP contribution in [0.2, 0.25) is 0 Å². The summed E-state index contributed by atoms with van der Waals surface area (Å²) in [6.07, 6.45) is 6.03. The van der Waals surface area contributed by atoms with Gasteiger partial charge in [0.1, 0.15) is 11.4 Å². The number of aromatic nitrogens is 6. The average molecular weight is 421 g/mol. The molecule has 3 aromatic heterocycles. The highest BCUT2D eigenvalue weighted by Gasteiger charge is 2.10. The molecule has 0 saturated heterocycles. The maximum Gasteiger partial charge on any atom is 0.243 e. The molecule has 11 nitrogen and oxygen atoms in total. The number of carbonyl (C=O) groups excluding carboxylic acids is 2. The van der Waals surface area contributed by atoms with Crippen molar-refractivity contribution in [1.82, 2.24) is 35.7 Å². The Bertz CT molecular complexity index is 980. The summed E-state index contributed by atoms with van der Waals surface area (Å²) >= 11 is 0. The second-order valence-corrected chi connectivity index (χ2v) is 6.62. The van der Waals surface area contributed by atoms with E-state index in [9.17, 15) is 9.59 Å². The Morgan fingerprint density at radius 2 is 1.58 bits per heavy atom. The lowest BCUT2D eigenvalue weighted by molar-refractivity contribution is -0.124. The predicted octanol–water partition coefficient (Wildman–Crippen LogP) is 0.964. The summed E-state index contributed by atoms with van der Waals surface area (Å²) in [6.45, 7) is 0.510. The SMILES string of the molecule is NCCCCCC(=O)NCC(=O)Nc1ccc(-c2nnc(-c3ccccn3)nn2)nc1. The van der Waals surface area contributed by atoms with E-state index in [-0.39, 0.29) is 24.2 Å². The Morgan fingerprint density at radius 3 is 2.19 bits per heavy atom. The monoisotopic (exact) mass is 421 g/mol. The van der Waals surface area contributed by atoms with Crippen molar-refractivity contribution < 1.29 is 9.59 Å². The van der Waals surface area contributed by atoms with Gasteiger partial charge in [0, 0.05) is 12.6 Å². The highest BCUT2D eigenvalue weighted by atomic mass is 16.2. The molecule has 3 aromatic rings. The van der Waals surface area contributed by atoms with Crippen molar-refractivity contribution in [3.63, 3.8) is 0 Å². The van der Waals surface area contributed by atoms with Crippen LogP contribution in [0.5, 0.6) is 0 Å². The van der Waals surface area contributed by atoms with E-state index in [1.165, 1.54) is 6.20 Å². The Labute approximate surface area is 178 Å². The van der Waals surface area contributed by atoms with Crippen LogP contribution in [0.1, 0.15) is 25.7 Å². The van der Waals surface area contributed by atoms with E-state index in [2.05, 4.69) is 41.0 Å². The molecule has 0 bridgehead atoms. The molecular formula is C20H23N9O2. The molecule has 4 N–H and O–H groups in total. The summed E-state index contributed by atoms with van der Waals surface area (Å²) in [5.74, 6) is 0.0604. The topological polar surface area (TPSA) is 162 Å². The summed E-state index contributed by atoms with van der Waals surface area (Å²) in [5, 5.41) is 21.4. The number of pyridine rings is 2. The number of nitrogens with one attached hydrogen (secondary N) is 2. The van der Waals surface area contributed by atoms with Gasteiger partial charge in [-0.25, -0.2) is 0 Å². The minimum absolute atomic E-state index is 0.108. The smallest absolute Gasteiger partial charge is 0.243 e. The van der Waals surface area contributed by atoms with E-state index in [0.717, 1.165) is 19.3 Å². The van der Waals surface area contributed by atoms with E-state index in [1.54, 1.807) is 30.5 Å². The number of hydrogen-bond acceptors (Lipinski definition) is 9. The molecule has 0 aromatic carbocycles. The van der Waals surface area contributed by atoms with Gasteiger partial charge in [0.05, 0.1) is 18.4 Å². The van der Waals surface area contributed by atoms with Gasteiger partial charge >= 0.3 is 0 Å². The molecule has 0 aliphatic carbocycles. The van der Waals surface area contributed by atoms with Crippen molar-refractivity contribution in [1.29, 1.82) is 0 Å². The molecule has 0 unspecified atom stereocenters. The summed E-state index contributed by atoms with van der Waals surface area (Å²) in [5.41, 5.74) is 6.92. The van der Waals surface area contributed by atoms with Crippen LogP contribution in [0.25, 0.3) is 23.0 Å². The summed E-state index contributed by atoms with van der Waals surface area (Å²) < 4.78 is 0. The number of rotatable bonds is 10. The lowest BCUT2D eigenvalue weighted by Crippen LogP contribution is -2.32. The van der Waals surface area contributed by atoms with Crippen LogP contribution >= 0.6 is 0 Å². The highest BCUT2D eigenvalue weighted by molar-refractivity contribution is 5.94. The van der Waals surface area contributed by atoms with Crippen molar-refractivity contribution >= 4 is 17.5 Å². The fourth-order valence-corrected chi connectivity index (χ4v) is 2.61. The van der Waals surface area contributed by atoms with Crippen LogP contribution in [0.15, 0.2) is 42.7 Å². The maximum absolute atomic E-state index is 12.0. The molecule has 0 radical (unpaired) electrons. The Morgan fingerprint density at radius 1 is 0.839 bits per heavy atom. The van der Waals surface area contributed by atoms with Gasteiger partial charge in [0.15, 0.2) is 0 Å². The zero-order valence-corrected chi connectivity index (χ0v) is 16.9. The van der Waals surface area contributed by atoms with E-state index in [4.69, 9.17) is 5.73 Å². The third-order valence-corrected chi connectivity index (χ3v) is 4.20. The van der Waals surface area contributed by atoms with E-state index in [0.29, 0.717) is 35.9 Å². The zero-order chi connectivity index (χ0) is 21.9. The molecule has 0 aliphatic rings. The van der Waals surface area contributed by atoms with Crippen molar-refractivity contribution in [3.05, 3.63) is 42.7 Å². The highest BCUT2D eigenvalue weighted by Crippen LogP contribution is 2.15. The van der Waals surface area contributed by atoms with Crippen LogP contribution in [0.3, 0.4) is 0 Å². The fraction of sp³-hybridized carbons (Fsp3) is 0.300. The minimum atomic E-state index is -0.343. The molecule has 3 heterocycles. The van der Waals surface area contributed by atoms with Crippen LogP contribution < -0.4 is 16.4 Å². The first-order valence-electron chi connectivity index (χ1n) is 9.87. The van der Waals surface area contributed by atoms with Crippen LogP contribution in [-0.4, -0.2) is 55.3 Å². The molecule has 0 atom stereocenters. The molecular weight excluding hydrogens is 398 g/mol. The average Bonchev–Trinajstić information content (AvgIpc) is 2.82. The van der Waals surface area contributed by atoms with Crippen LogP contribution in [-0.2, 0) is 9.59 Å². The lowest BCUT2D eigenvalue weighted by atomic mass is 10.2. The molecule has 11 heteroatoms. The maximum atomic E-state index is 12.0. The van der Waals surface area contributed by atoms with Gasteiger partial charge in [-0.1, -0.05) is 12.5 Å². The third-order valence-electron chi connectivity index (χ3n) is 4.20. The Balaban J connectivity index is 1.48. The molecule has 31 heavy (non-hydrogen) atoms. The molecule has 3 rings (SSSR count). The first kappa shape index (κ1) is 21.8. The first-order valence-corrected chi connectivity index (χ1v) is 9.87. The molecule has 0 spiro atoms. The lowest BCUT2D eigenvalue weighted by Gasteiger charge is -2.07. The number of carbonyl (C=O) groups is 2. The van der Waals surface area contributed by atoms with Gasteiger partial charge in [0.2, 0.25) is 23.5 Å². The summed E-state index contributed by atoms with van der Waals surface area (Å²) in [7, 11) is 0. The normalized spacial score (nSPS) is 10.5. The molecule has 0 aliphatic heterocycles. The molecule has 160 valence electrons. The largest absolute Gasteiger partial charge is 0.347 e. The van der Waals surface area contributed by atoms with Gasteiger partial charge in [0.25, 0.3) is 0 Å². The molecule has 2 amide bonds. The molecule has 0 saturated carbocycles.